The smallest absolute Gasteiger partial charge is 0.289 e. The van der Waals surface area contributed by atoms with Crippen LogP contribution in [0.3, 0.4) is 0 Å². The molecule has 118 valence electrons. The first kappa shape index (κ1) is 16.8. The van der Waals surface area contributed by atoms with Gasteiger partial charge in [0.15, 0.2) is 5.78 Å². The van der Waals surface area contributed by atoms with E-state index >= 15 is 0 Å². The SMILES string of the molecule is N#C[C@@H](CCC(F)(F)F)c1cccc(C(=O)c2ccccc2)c1. The van der Waals surface area contributed by atoms with Crippen LogP contribution in [0.25, 0.3) is 0 Å². The van der Waals surface area contributed by atoms with Crippen molar-refractivity contribution in [1.29, 1.82) is 5.26 Å². The molecule has 0 amide bonds. The second-order valence-corrected chi connectivity index (χ2v) is 5.16. The molecule has 0 aromatic heterocycles. The third-order valence-corrected chi connectivity index (χ3v) is 3.46. The standard InChI is InChI=1S/C18H14F3NO/c19-18(20,21)10-9-16(12-22)14-7-4-8-15(11-14)17(23)13-5-2-1-3-6-13/h1-8,11,16H,9-10H2/t16-/m1/s1. The number of halogens is 3. The minimum absolute atomic E-state index is 0.222. The van der Waals surface area contributed by atoms with E-state index in [1.807, 2.05) is 6.07 Å². The molecule has 23 heavy (non-hydrogen) atoms. The van der Waals surface area contributed by atoms with Crippen LogP contribution in [0.15, 0.2) is 54.6 Å². The molecular weight excluding hydrogens is 303 g/mol. The van der Waals surface area contributed by atoms with Gasteiger partial charge < -0.3 is 0 Å². The molecule has 0 saturated heterocycles. The van der Waals surface area contributed by atoms with Gasteiger partial charge in [0.25, 0.3) is 0 Å². The van der Waals surface area contributed by atoms with Crippen molar-refractivity contribution in [1.82, 2.24) is 0 Å². The van der Waals surface area contributed by atoms with Gasteiger partial charge in [0.1, 0.15) is 0 Å². The van der Waals surface area contributed by atoms with Gasteiger partial charge in [-0.1, -0.05) is 48.5 Å². The van der Waals surface area contributed by atoms with Crippen molar-refractivity contribution in [2.75, 3.05) is 0 Å². The fourth-order valence-electron chi connectivity index (χ4n) is 2.27. The summed E-state index contributed by atoms with van der Waals surface area (Å²) in [6.07, 6.45) is -5.64. The van der Waals surface area contributed by atoms with Gasteiger partial charge in [-0.3, -0.25) is 4.79 Å². The Labute approximate surface area is 132 Å². The Balaban J connectivity index is 2.22. The van der Waals surface area contributed by atoms with Crippen molar-refractivity contribution < 1.29 is 18.0 Å². The zero-order chi connectivity index (χ0) is 16.9. The Morgan fingerprint density at radius 2 is 1.70 bits per heavy atom. The van der Waals surface area contributed by atoms with Gasteiger partial charge in [-0.05, 0) is 18.1 Å². The van der Waals surface area contributed by atoms with Crippen molar-refractivity contribution in [2.45, 2.75) is 24.9 Å². The Hall–Kier alpha value is -2.61. The number of rotatable bonds is 5. The summed E-state index contributed by atoms with van der Waals surface area (Å²) in [6, 6.07) is 16.7. The molecule has 0 aliphatic heterocycles. The quantitative estimate of drug-likeness (QED) is 0.738. The van der Waals surface area contributed by atoms with Gasteiger partial charge in [0.2, 0.25) is 0 Å². The Bertz CT molecular complexity index is 717. The van der Waals surface area contributed by atoms with E-state index in [0.29, 0.717) is 16.7 Å². The molecule has 0 aliphatic carbocycles. The van der Waals surface area contributed by atoms with Gasteiger partial charge >= 0.3 is 6.18 Å². The number of nitrogens with zero attached hydrogens (tertiary/aromatic N) is 1. The number of nitriles is 1. The first-order chi connectivity index (χ1) is 10.9. The molecule has 2 nitrogen and oxygen atoms in total. The van der Waals surface area contributed by atoms with Crippen LogP contribution in [-0.2, 0) is 0 Å². The highest BCUT2D eigenvalue weighted by Gasteiger charge is 2.29. The molecule has 2 rings (SSSR count). The Kier molecular flexibility index (Phi) is 5.17. The summed E-state index contributed by atoms with van der Waals surface area (Å²) in [5.41, 5.74) is 1.29. The first-order valence-electron chi connectivity index (χ1n) is 7.07. The van der Waals surface area contributed by atoms with Crippen molar-refractivity contribution in [3.05, 3.63) is 71.3 Å². The highest BCUT2D eigenvalue weighted by atomic mass is 19.4. The van der Waals surface area contributed by atoms with E-state index in [0.717, 1.165) is 0 Å². The normalized spacial score (nSPS) is 12.4. The highest BCUT2D eigenvalue weighted by molar-refractivity contribution is 6.09. The van der Waals surface area contributed by atoms with E-state index in [1.54, 1.807) is 48.5 Å². The molecule has 0 spiro atoms. The summed E-state index contributed by atoms with van der Waals surface area (Å²) in [4.78, 5) is 12.4. The van der Waals surface area contributed by atoms with E-state index in [4.69, 9.17) is 5.26 Å². The molecule has 0 unspecified atom stereocenters. The molecule has 0 N–H and O–H groups in total. The lowest BCUT2D eigenvalue weighted by Gasteiger charge is -2.12. The van der Waals surface area contributed by atoms with Crippen LogP contribution in [0.1, 0.15) is 40.2 Å². The predicted molar refractivity (Wildman–Crippen MR) is 80.0 cm³/mol. The third-order valence-electron chi connectivity index (χ3n) is 3.46. The van der Waals surface area contributed by atoms with Gasteiger partial charge in [-0.2, -0.15) is 18.4 Å². The topological polar surface area (TPSA) is 40.9 Å². The van der Waals surface area contributed by atoms with Gasteiger partial charge in [-0.15, -0.1) is 0 Å². The fraction of sp³-hybridized carbons (Fsp3) is 0.222. The number of carbonyl (C=O) groups excluding carboxylic acids is 1. The van der Waals surface area contributed by atoms with E-state index < -0.39 is 18.5 Å². The lowest BCUT2D eigenvalue weighted by molar-refractivity contribution is -0.135. The number of alkyl halides is 3. The van der Waals surface area contributed by atoms with Crippen molar-refractivity contribution in [2.24, 2.45) is 0 Å². The molecule has 2 aromatic carbocycles. The number of carbonyl (C=O) groups is 1. The zero-order valence-corrected chi connectivity index (χ0v) is 12.2. The van der Waals surface area contributed by atoms with Crippen LogP contribution in [0.2, 0.25) is 0 Å². The van der Waals surface area contributed by atoms with Gasteiger partial charge in [0.05, 0.1) is 12.0 Å². The minimum atomic E-state index is -4.30. The van der Waals surface area contributed by atoms with Crippen LogP contribution >= 0.6 is 0 Å². The fourth-order valence-corrected chi connectivity index (χ4v) is 2.27. The Morgan fingerprint density at radius 3 is 2.30 bits per heavy atom. The number of benzene rings is 2. The van der Waals surface area contributed by atoms with Crippen molar-refractivity contribution in [3.8, 4) is 6.07 Å². The van der Waals surface area contributed by atoms with E-state index in [2.05, 4.69) is 0 Å². The summed E-state index contributed by atoms with van der Waals surface area (Å²) in [7, 11) is 0. The lowest BCUT2D eigenvalue weighted by Crippen LogP contribution is -2.10. The van der Waals surface area contributed by atoms with Crippen LogP contribution in [0.4, 0.5) is 13.2 Å². The first-order valence-corrected chi connectivity index (χ1v) is 7.07. The second-order valence-electron chi connectivity index (χ2n) is 5.16. The van der Waals surface area contributed by atoms with Crippen molar-refractivity contribution in [3.63, 3.8) is 0 Å². The molecule has 0 bridgehead atoms. The van der Waals surface area contributed by atoms with Crippen LogP contribution in [0.5, 0.6) is 0 Å². The summed E-state index contributed by atoms with van der Waals surface area (Å²) >= 11 is 0. The largest absolute Gasteiger partial charge is 0.389 e. The maximum absolute atomic E-state index is 12.4. The summed E-state index contributed by atoms with van der Waals surface area (Å²) in [5, 5.41) is 9.12. The maximum atomic E-state index is 12.4. The summed E-state index contributed by atoms with van der Waals surface area (Å²) in [6.45, 7) is 0. The molecule has 0 aliphatic rings. The lowest BCUT2D eigenvalue weighted by atomic mass is 9.92. The summed E-state index contributed by atoms with van der Waals surface area (Å²) in [5.74, 6) is -1.11. The van der Waals surface area contributed by atoms with E-state index in [-0.39, 0.29) is 12.2 Å². The zero-order valence-electron chi connectivity index (χ0n) is 12.2. The second kappa shape index (κ2) is 7.10. The number of hydrogen-bond donors (Lipinski definition) is 0. The van der Waals surface area contributed by atoms with Gasteiger partial charge in [0, 0.05) is 17.5 Å². The van der Waals surface area contributed by atoms with Gasteiger partial charge in [-0.25, -0.2) is 0 Å². The average molecular weight is 317 g/mol. The molecular formula is C18H14F3NO. The third kappa shape index (κ3) is 4.68. The molecule has 0 radical (unpaired) electrons. The number of ketones is 1. The Morgan fingerprint density at radius 1 is 1.04 bits per heavy atom. The predicted octanol–water partition coefficient (Wildman–Crippen LogP) is 4.87. The molecule has 5 heteroatoms. The maximum Gasteiger partial charge on any atom is 0.389 e. The van der Waals surface area contributed by atoms with Crippen LogP contribution in [0, 0.1) is 11.3 Å². The monoisotopic (exact) mass is 317 g/mol. The summed E-state index contributed by atoms with van der Waals surface area (Å²) < 4.78 is 37.0. The minimum Gasteiger partial charge on any atom is -0.289 e. The van der Waals surface area contributed by atoms with Crippen molar-refractivity contribution >= 4 is 5.78 Å². The van der Waals surface area contributed by atoms with Crippen LogP contribution < -0.4 is 0 Å². The van der Waals surface area contributed by atoms with E-state index in [9.17, 15) is 18.0 Å². The molecule has 0 heterocycles. The number of hydrogen-bond acceptors (Lipinski definition) is 2. The molecule has 0 saturated carbocycles. The molecule has 1 atom stereocenters. The van der Waals surface area contributed by atoms with E-state index in [1.165, 1.54) is 6.07 Å². The molecule has 0 fully saturated rings. The highest BCUT2D eigenvalue weighted by Crippen LogP contribution is 2.29. The van der Waals surface area contributed by atoms with Crippen LogP contribution in [-0.4, -0.2) is 12.0 Å². The molecule has 2 aromatic rings. The average Bonchev–Trinajstić information content (AvgIpc) is 2.55.